The van der Waals surface area contributed by atoms with Crippen LogP contribution in [0.15, 0.2) is 60.7 Å². The zero-order valence-electron chi connectivity index (χ0n) is 18.3. The molecule has 0 spiro atoms. The average molecular weight is 431 g/mol. The van der Waals surface area contributed by atoms with Crippen molar-refractivity contribution in [2.24, 2.45) is 5.92 Å². The molecule has 1 fully saturated rings. The summed E-state index contributed by atoms with van der Waals surface area (Å²) in [5.41, 5.74) is 1.83. The summed E-state index contributed by atoms with van der Waals surface area (Å²) in [6.07, 6.45) is 1.19. The van der Waals surface area contributed by atoms with Gasteiger partial charge in [0.05, 0.1) is 7.11 Å². The molecule has 164 valence electrons. The van der Waals surface area contributed by atoms with Crippen LogP contribution in [0.4, 0.5) is 5.69 Å². The van der Waals surface area contributed by atoms with E-state index in [1.807, 2.05) is 41.3 Å². The third-order valence-electron chi connectivity index (χ3n) is 6.02. The SMILES string of the molecule is COc1ccc(C(=O)N2CCC(C(=O)Nc3cccc(C(C)=O)c3)CC2)c2ccccc12. The summed E-state index contributed by atoms with van der Waals surface area (Å²) in [7, 11) is 1.62. The van der Waals surface area contributed by atoms with Gasteiger partial charge in [-0.1, -0.05) is 36.4 Å². The lowest BCUT2D eigenvalue weighted by Crippen LogP contribution is -2.41. The van der Waals surface area contributed by atoms with Gasteiger partial charge in [-0.05, 0) is 49.4 Å². The largest absolute Gasteiger partial charge is 0.496 e. The Morgan fingerprint density at radius 2 is 1.66 bits per heavy atom. The lowest BCUT2D eigenvalue weighted by Gasteiger charge is -2.31. The van der Waals surface area contributed by atoms with E-state index in [-0.39, 0.29) is 23.5 Å². The van der Waals surface area contributed by atoms with Gasteiger partial charge in [0.1, 0.15) is 5.75 Å². The molecular weight excluding hydrogens is 404 g/mol. The van der Waals surface area contributed by atoms with Gasteiger partial charge in [-0.2, -0.15) is 0 Å². The van der Waals surface area contributed by atoms with Crippen molar-refractivity contribution in [3.8, 4) is 5.75 Å². The maximum absolute atomic E-state index is 13.2. The van der Waals surface area contributed by atoms with Crippen LogP contribution in [0.3, 0.4) is 0 Å². The number of nitrogens with zero attached hydrogens (tertiary/aromatic N) is 1. The minimum Gasteiger partial charge on any atom is -0.496 e. The fraction of sp³-hybridized carbons (Fsp3) is 0.269. The average Bonchev–Trinajstić information content (AvgIpc) is 2.83. The number of likely N-dealkylation sites (tertiary alicyclic amines) is 1. The van der Waals surface area contributed by atoms with Crippen LogP contribution in [0.5, 0.6) is 5.75 Å². The van der Waals surface area contributed by atoms with E-state index in [4.69, 9.17) is 4.74 Å². The summed E-state index contributed by atoms with van der Waals surface area (Å²) in [5, 5.41) is 4.68. The van der Waals surface area contributed by atoms with Gasteiger partial charge in [-0.15, -0.1) is 0 Å². The normalized spacial score (nSPS) is 14.2. The molecule has 3 aromatic carbocycles. The van der Waals surface area contributed by atoms with Crippen LogP contribution < -0.4 is 10.1 Å². The zero-order valence-corrected chi connectivity index (χ0v) is 18.3. The molecule has 0 bridgehead atoms. The molecule has 4 rings (SSSR count). The van der Waals surface area contributed by atoms with Crippen molar-refractivity contribution in [2.75, 3.05) is 25.5 Å². The number of ether oxygens (including phenoxy) is 1. The number of fused-ring (bicyclic) bond motifs is 1. The van der Waals surface area contributed by atoms with Crippen LogP contribution in [-0.4, -0.2) is 42.7 Å². The first-order chi connectivity index (χ1) is 15.5. The third-order valence-corrected chi connectivity index (χ3v) is 6.02. The Balaban J connectivity index is 1.42. The van der Waals surface area contributed by atoms with Gasteiger partial charge in [-0.3, -0.25) is 14.4 Å². The number of methoxy groups -OCH3 is 1. The minimum atomic E-state index is -0.173. The molecule has 32 heavy (non-hydrogen) atoms. The summed E-state index contributed by atoms with van der Waals surface area (Å²) in [5.74, 6) is 0.414. The molecule has 3 aromatic rings. The fourth-order valence-corrected chi connectivity index (χ4v) is 4.21. The number of nitrogens with one attached hydrogen (secondary N) is 1. The van der Waals surface area contributed by atoms with Crippen molar-refractivity contribution in [3.63, 3.8) is 0 Å². The van der Waals surface area contributed by atoms with Gasteiger partial charge in [0.25, 0.3) is 5.91 Å². The molecule has 1 saturated heterocycles. The van der Waals surface area contributed by atoms with Crippen LogP contribution in [0.1, 0.15) is 40.5 Å². The second kappa shape index (κ2) is 9.22. The highest BCUT2D eigenvalue weighted by Crippen LogP contribution is 2.30. The first-order valence-corrected chi connectivity index (χ1v) is 10.7. The number of hydrogen-bond acceptors (Lipinski definition) is 4. The van der Waals surface area contributed by atoms with Gasteiger partial charge >= 0.3 is 0 Å². The van der Waals surface area contributed by atoms with Crippen molar-refractivity contribution in [1.29, 1.82) is 0 Å². The van der Waals surface area contributed by atoms with Crippen molar-refractivity contribution >= 4 is 34.1 Å². The molecule has 1 aliphatic rings. The van der Waals surface area contributed by atoms with Crippen molar-refractivity contribution in [2.45, 2.75) is 19.8 Å². The summed E-state index contributed by atoms with van der Waals surface area (Å²) < 4.78 is 5.43. The molecule has 0 unspecified atom stereocenters. The number of carbonyl (C=O) groups is 3. The molecule has 6 heteroatoms. The maximum Gasteiger partial charge on any atom is 0.254 e. The standard InChI is InChI=1S/C26H26N2O4/c1-17(29)19-6-5-7-20(16-19)27-25(30)18-12-14-28(15-13-18)26(31)23-10-11-24(32-2)22-9-4-3-8-21(22)23/h3-11,16,18H,12-15H2,1-2H3,(H,27,30). The third kappa shape index (κ3) is 4.35. The van der Waals surface area contributed by atoms with E-state index in [0.717, 1.165) is 16.5 Å². The predicted octanol–water partition coefficient (Wildman–Crippen LogP) is 4.54. The van der Waals surface area contributed by atoms with E-state index in [1.165, 1.54) is 6.92 Å². The highest BCUT2D eigenvalue weighted by Gasteiger charge is 2.28. The summed E-state index contributed by atoms with van der Waals surface area (Å²) in [6, 6.07) is 18.3. The topological polar surface area (TPSA) is 75.7 Å². The van der Waals surface area contributed by atoms with Crippen LogP contribution in [0, 0.1) is 5.92 Å². The van der Waals surface area contributed by atoms with Gasteiger partial charge < -0.3 is 15.0 Å². The summed E-state index contributed by atoms with van der Waals surface area (Å²) in [6.45, 7) is 2.54. The molecule has 1 aliphatic heterocycles. The molecule has 0 atom stereocenters. The quantitative estimate of drug-likeness (QED) is 0.603. The summed E-state index contributed by atoms with van der Waals surface area (Å²) in [4.78, 5) is 39.3. The fourth-order valence-electron chi connectivity index (χ4n) is 4.21. The highest BCUT2D eigenvalue weighted by molar-refractivity contribution is 6.08. The van der Waals surface area contributed by atoms with Crippen LogP contribution in [0.2, 0.25) is 0 Å². The van der Waals surface area contributed by atoms with E-state index in [1.54, 1.807) is 31.4 Å². The van der Waals surface area contributed by atoms with E-state index < -0.39 is 0 Å². The van der Waals surface area contributed by atoms with E-state index in [9.17, 15) is 14.4 Å². The highest BCUT2D eigenvalue weighted by atomic mass is 16.5. The first kappa shape index (κ1) is 21.6. The maximum atomic E-state index is 13.2. The minimum absolute atomic E-state index is 0.0307. The number of anilines is 1. The Morgan fingerprint density at radius 1 is 0.938 bits per heavy atom. The number of ketones is 1. The number of benzene rings is 3. The van der Waals surface area contributed by atoms with Crippen molar-refractivity contribution in [1.82, 2.24) is 4.90 Å². The molecule has 6 nitrogen and oxygen atoms in total. The lowest BCUT2D eigenvalue weighted by atomic mass is 9.94. The molecular formula is C26H26N2O4. The number of amides is 2. The van der Waals surface area contributed by atoms with Gasteiger partial charge in [0.15, 0.2) is 5.78 Å². The Bertz CT molecular complexity index is 1180. The second-order valence-electron chi connectivity index (χ2n) is 8.05. The molecule has 0 aromatic heterocycles. The van der Waals surface area contributed by atoms with E-state index >= 15 is 0 Å². The van der Waals surface area contributed by atoms with E-state index in [0.29, 0.717) is 42.7 Å². The van der Waals surface area contributed by atoms with Gasteiger partial charge in [0.2, 0.25) is 5.91 Å². The van der Waals surface area contributed by atoms with Crippen molar-refractivity contribution in [3.05, 3.63) is 71.8 Å². The molecule has 1 heterocycles. The Labute approximate surface area is 187 Å². The van der Waals surface area contributed by atoms with Crippen LogP contribution in [0.25, 0.3) is 10.8 Å². The van der Waals surface area contributed by atoms with Gasteiger partial charge in [-0.25, -0.2) is 0 Å². The van der Waals surface area contributed by atoms with Gasteiger partial charge in [0, 0.05) is 41.2 Å². The Hall–Kier alpha value is -3.67. The van der Waals surface area contributed by atoms with Crippen LogP contribution >= 0.6 is 0 Å². The lowest BCUT2D eigenvalue weighted by molar-refractivity contribution is -0.121. The number of carbonyl (C=O) groups excluding carboxylic acids is 3. The molecule has 0 radical (unpaired) electrons. The van der Waals surface area contributed by atoms with Crippen LogP contribution in [-0.2, 0) is 4.79 Å². The predicted molar refractivity (Wildman–Crippen MR) is 124 cm³/mol. The molecule has 0 aliphatic carbocycles. The monoisotopic (exact) mass is 430 g/mol. The smallest absolute Gasteiger partial charge is 0.254 e. The second-order valence-corrected chi connectivity index (χ2v) is 8.05. The molecule has 0 saturated carbocycles. The Kier molecular flexibility index (Phi) is 6.21. The number of Topliss-reactive ketones (excluding diaryl/α,β-unsaturated/α-hetero) is 1. The summed E-state index contributed by atoms with van der Waals surface area (Å²) >= 11 is 0. The Morgan fingerprint density at radius 3 is 2.34 bits per heavy atom. The van der Waals surface area contributed by atoms with Crippen molar-refractivity contribution < 1.29 is 19.1 Å². The number of piperidine rings is 1. The molecule has 2 amide bonds. The molecule has 1 N–H and O–H groups in total. The van der Waals surface area contributed by atoms with E-state index in [2.05, 4.69) is 5.32 Å². The first-order valence-electron chi connectivity index (χ1n) is 10.7. The number of hydrogen-bond donors (Lipinski definition) is 1. The zero-order chi connectivity index (χ0) is 22.7. The number of rotatable bonds is 5.